The molecule has 5 rings (SSSR count). The van der Waals surface area contributed by atoms with Crippen LogP contribution in [0.5, 0.6) is 0 Å². The fraction of sp³-hybridized carbons (Fsp3) is 0.474. The number of aromatic nitrogens is 5. The smallest absolute Gasteiger partial charge is 0.208 e. The summed E-state index contributed by atoms with van der Waals surface area (Å²) in [4.78, 5) is 2.37. The van der Waals surface area contributed by atoms with E-state index in [2.05, 4.69) is 29.9 Å². The van der Waals surface area contributed by atoms with E-state index >= 15 is 0 Å². The van der Waals surface area contributed by atoms with Gasteiger partial charge in [-0.3, -0.25) is 0 Å². The summed E-state index contributed by atoms with van der Waals surface area (Å²) in [5, 5.41) is 20.6. The second-order valence-corrected chi connectivity index (χ2v) is 8.77. The summed E-state index contributed by atoms with van der Waals surface area (Å²) in [5.41, 5.74) is 1.21. The molecule has 2 aliphatic rings. The Balaban J connectivity index is 1.30. The van der Waals surface area contributed by atoms with Gasteiger partial charge in [0, 0.05) is 43.4 Å². The van der Waals surface area contributed by atoms with Crippen LogP contribution in [-0.4, -0.2) is 38.1 Å². The van der Waals surface area contributed by atoms with Crippen LogP contribution in [0.3, 0.4) is 0 Å². The fourth-order valence-electron chi connectivity index (χ4n) is 4.06. The van der Waals surface area contributed by atoms with Crippen LogP contribution in [0.1, 0.15) is 47.4 Å². The summed E-state index contributed by atoms with van der Waals surface area (Å²) in [5.74, 6) is 2.75. The predicted molar refractivity (Wildman–Crippen MR) is 107 cm³/mol. The molecular formula is C19H21ClN6S. The van der Waals surface area contributed by atoms with Crippen molar-refractivity contribution < 1.29 is 0 Å². The quantitative estimate of drug-likeness (QED) is 0.668. The van der Waals surface area contributed by atoms with Gasteiger partial charge in [0.05, 0.1) is 0 Å². The second kappa shape index (κ2) is 7.20. The Hall–Kier alpha value is -1.99. The Morgan fingerprint density at radius 1 is 1.04 bits per heavy atom. The van der Waals surface area contributed by atoms with E-state index in [0.717, 1.165) is 65.7 Å². The monoisotopic (exact) mass is 400 g/mol. The van der Waals surface area contributed by atoms with Gasteiger partial charge in [-0.2, -0.15) is 0 Å². The zero-order chi connectivity index (χ0) is 18.2. The highest BCUT2D eigenvalue weighted by Crippen LogP contribution is 2.32. The zero-order valence-corrected chi connectivity index (χ0v) is 16.6. The number of benzene rings is 1. The Morgan fingerprint density at radius 2 is 1.93 bits per heavy atom. The van der Waals surface area contributed by atoms with E-state index in [1.165, 1.54) is 18.4 Å². The number of rotatable bonds is 4. The first kappa shape index (κ1) is 17.1. The van der Waals surface area contributed by atoms with Gasteiger partial charge in [-0.1, -0.05) is 35.1 Å². The van der Waals surface area contributed by atoms with Crippen molar-refractivity contribution in [2.75, 3.05) is 18.0 Å². The number of nitrogens with zero attached hydrogens (tertiary/aromatic N) is 6. The van der Waals surface area contributed by atoms with Crippen molar-refractivity contribution in [3.63, 3.8) is 0 Å². The van der Waals surface area contributed by atoms with Gasteiger partial charge in [-0.25, -0.2) is 0 Å². The highest BCUT2D eigenvalue weighted by molar-refractivity contribution is 7.15. The number of halogens is 1. The number of aryl methyl sites for hydroxylation is 1. The van der Waals surface area contributed by atoms with Crippen molar-refractivity contribution in [2.45, 2.75) is 44.6 Å². The Kier molecular flexibility index (Phi) is 4.57. The maximum Gasteiger partial charge on any atom is 0.208 e. The molecule has 2 aromatic heterocycles. The van der Waals surface area contributed by atoms with Crippen LogP contribution in [0, 0.1) is 0 Å². The number of fused-ring (bicyclic) bond motifs is 1. The maximum atomic E-state index is 5.97. The molecule has 0 radical (unpaired) electrons. The third kappa shape index (κ3) is 3.46. The van der Waals surface area contributed by atoms with E-state index in [1.54, 1.807) is 11.3 Å². The summed E-state index contributed by atoms with van der Waals surface area (Å²) in [7, 11) is 0. The molecule has 8 heteroatoms. The molecule has 0 bridgehead atoms. The van der Waals surface area contributed by atoms with Crippen LogP contribution in [0.25, 0.3) is 0 Å². The van der Waals surface area contributed by atoms with E-state index in [0.29, 0.717) is 5.92 Å². The lowest BCUT2D eigenvalue weighted by Gasteiger charge is -2.31. The molecule has 2 aliphatic heterocycles. The lowest BCUT2D eigenvalue weighted by Crippen LogP contribution is -2.35. The van der Waals surface area contributed by atoms with Crippen LogP contribution in [0.15, 0.2) is 24.3 Å². The summed E-state index contributed by atoms with van der Waals surface area (Å²) >= 11 is 7.66. The molecule has 0 saturated carbocycles. The minimum absolute atomic E-state index is 0.432. The van der Waals surface area contributed by atoms with Gasteiger partial charge < -0.3 is 9.47 Å². The van der Waals surface area contributed by atoms with Crippen molar-refractivity contribution in [3.8, 4) is 0 Å². The SMILES string of the molecule is Clc1ccc(Cc2nnc(N3CCCC(c4nnc5n4CCC5)C3)s2)cc1. The molecule has 27 heavy (non-hydrogen) atoms. The van der Waals surface area contributed by atoms with E-state index in [9.17, 15) is 0 Å². The van der Waals surface area contributed by atoms with Crippen molar-refractivity contribution >= 4 is 28.1 Å². The maximum absolute atomic E-state index is 5.97. The fourth-order valence-corrected chi connectivity index (χ4v) is 5.09. The van der Waals surface area contributed by atoms with E-state index in [1.807, 2.05) is 24.3 Å². The molecule has 1 aromatic carbocycles. The number of anilines is 1. The molecule has 140 valence electrons. The number of piperidine rings is 1. The Morgan fingerprint density at radius 3 is 2.81 bits per heavy atom. The summed E-state index contributed by atoms with van der Waals surface area (Å²) in [6, 6.07) is 7.94. The average Bonchev–Trinajstić information content (AvgIpc) is 3.40. The molecule has 3 aromatic rings. The molecule has 0 aliphatic carbocycles. The van der Waals surface area contributed by atoms with Gasteiger partial charge in [0.15, 0.2) is 0 Å². The Bertz CT molecular complexity index is 934. The van der Waals surface area contributed by atoms with Gasteiger partial charge in [-0.15, -0.1) is 20.4 Å². The van der Waals surface area contributed by atoms with Gasteiger partial charge in [0.25, 0.3) is 0 Å². The number of hydrogen-bond acceptors (Lipinski definition) is 6. The standard InChI is InChI=1S/C19H21ClN6S/c20-15-7-5-13(6-8-15)11-17-22-24-19(27-17)25-9-1-3-14(12-25)18-23-21-16-4-2-10-26(16)18/h5-8,14H,1-4,9-12H2. The molecule has 4 heterocycles. The van der Waals surface area contributed by atoms with Crippen LogP contribution in [0.2, 0.25) is 5.02 Å². The van der Waals surface area contributed by atoms with Crippen molar-refractivity contribution in [1.82, 2.24) is 25.0 Å². The highest BCUT2D eigenvalue weighted by atomic mass is 35.5. The average molecular weight is 401 g/mol. The first-order chi connectivity index (χ1) is 13.3. The highest BCUT2D eigenvalue weighted by Gasteiger charge is 2.29. The van der Waals surface area contributed by atoms with Crippen molar-refractivity contribution in [3.05, 3.63) is 51.5 Å². The lowest BCUT2D eigenvalue weighted by atomic mass is 9.97. The molecule has 1 fully saturated rings. The molecule has 0 amide bonds. The van der Waals surface area contributed by atoms with Crippen LogP contribution >= 0.6 is 22.9 Å². The molecule has 0 spiro atoms. The molecule has 1 atom stereocenters. The Labute approximate surface area is 167 Å². The lowest BCUT2D eigenvalue weighted by molar-refractivity contribution is 0.472. The topological polar surface area (TPSA) is 59.7 Å². The van der Waals surface area contributed by atoms with Crippen LogP contribution in [0.4, 0.5) is 5.13 Å². The first-order valence-corrected chi connectivity index (χ1v) is 10.7. The molecule has 0 N–H and O–H groups in total. The third-order valence-electron chi connectivity index (χ3n) is 5.42. The normalized spacial score (nSPS) is 19.4. The zero-order valence-electron chi connectivity index (χ0n) is 15.0. The van der Waals surface area contributed by atoms with E-state index in [-0.39, 0.29) is 0 Å². The van der Waals surface area contributed by atoms with Gasteiger partial charge >= 0.3 is 0 Å². The summed E-state index contributed by atoms with van der Waals surface area (Å²) in [6.07, 6.45) is 5.38. The van der Waals surface area contributed by atoms with Crippen molar-refractivity contribution in [1.29, 1.82) is 0 Å². The van der Waals surface area contributed by atoms with Gasteiger partial charge in [0.1, 0.15) is 16.7 Å². The molecular weight excluding hydrogens is 380 g/mol. The predicted octanol–water partition coefficient (Wildman–Crippen LogP) is 3.70. The summed E-state index contributed by atoms with van der Waals surface area (Å²) in [6.45, 7) is 3.05. The summed E-state index contributed by atoms with van der Waals surface area (Å²) < 4.78 is 2.33. The van der Waals surface area contributed by atoms with E-state index < -0.39 is 0 Å². The third-order valence-corrected chi connectivity index (χ3v) is 6.66. The number of hydrogen-bond donors (Lipinski definition) is 0. The minimum Gasteiger partial charge on any atom is -0.346 e. The van der Waals surface area contributed by atoms with Gasteiger partial charge in [-0.05, 0) is 37.0 Å². The first-order valence-electron chi connectivity index (χ1n) is 9.50. The van der Waals surface area contributed by atoms with E-state index in [4.69, 9.17) is 11.6 Å². The van der Waals surface area contributed by atoms with Gasteiger partial charge in [0.2, 0.25) is 5.13 Å². The minimum atomic E-state index is 0.432. The van der Waals surface area contributed by atoms with Crippen LogP contribution in [-0.2, 0) is 19.4 Å². The molecule has 6 nitrogen and oxygen atoms in total. The largest absolute Gasteiger partial charge is 0.346 e. The second-order valence-electron chi connectivity index (χ2n) is 7.30. The molecule has 1 unspecified atom stereocenters. The van der Waals surface area contributed by atoms with Crippen molar-refractivity contribution in [2.24, 2.45) is 0 Å². The molecule has 1 saturated heterocycles. The van der Waals surface area contributed by atoms with Crippen LogP contribution < -0.4 is 4.90 Å².